The van der Waals surface area contributed by atoms with Gasteiger partial charge in [-0.3, -0.25) is 0 Å². The van der Waals surface area contributed by atoms with E-state index in [1.165, 1.54) is 0 Å². The SMILES string of the molecule is C.C.C.C.C.C.C=C(C)C(=O)OCCC[Si](C)(C)O[Si](C)(CCCCOC)O[Si](C)(C)CCCOCCOC.C=O. The number of hydrogen-bond donors (Lipinski definition) is 0. The van der Waals surface area contributed by atoms with E-state index in [-0.39, 0.29) is 50.5 Å². The van der Waals surface area contributed by atoms with Crippen molar-refractivity contribution in [3.05, 3.63) is 12.2 Å². The van der Waals surface area contributed by atoms with Gasteiger partial charge in [0.1, 0.15) is 6.79 Å². The second-order valence-corrected chi connectivity index (χ2v) is 22.5. The second kappa shape index (κ2) is 33.8. The van der Waals surface area contributed by atoms with Crippen LogP contribution >= 0.6 is 0 Å². The molecule has 11 heteroatoms. The number of carbonyl (C=O) groups is 2. The highest BCUT2D eigenvalue weighted by atomic mass is 28.5. The largest absolute Gasteiger partial charge is 0.462 e. The highest BCUT2D eigenvalue weighted by Crippen LogP contribution is 2.30. The van der Waals surface area contributed by atoms with E-state index in [9.17, 15) is 4.79 Å². The van der Waals surface area contributed by atoms with Crippen LogP contribution < -0.4 is 0 Å². The van der Waals surface area contributed by atoms with Gasteiger partial charge >= 0.3 is 14.5 Å². The van der Waals surface area contributed by atoms with E-state index in [1.54, 1.807) is 21.1 Å². The molecule has 0 aromatic carbocycles. The number of carbonyl (C=O) groups excluding carboxylic acids is 2. The number of esters is 1. The Hall–Kier alpha value is -0.669. The third-order valence-corrected chi connectivity index (χ3v) is 17.5. The average molecular weight is 649 g/mol. The Labute approximate surface area is 261 Å². The fourth-order valence-corrected chi connectivity index (χ4v) is 18.1. The fourth-order valence-electron chi connectivity index (χ4n) is 3.72. The molecule has 0 heterocycles. The first-order chi connectivity index (χ1) is 16.4. The lowest BCUT2D eigenvalue weighted by molar-refractivity contribution is -0.138. The van der Waals surface area contributed by atoms with E-state index in [4.69, 9.17) is 32.0 Å². The van der Waals surface area contributed by atoms with E-state index in [1.807, 2.05) is 6.79 Å². The summed E-state index contributed by atoms with van der Waals surface area (Å²) >= 11 is 0. The van der Waals surface area contributed by atoms with E-state index in [2.05, 4.69) is 39.3 Å². The van der Waals surface area contributed by atoms with Crippen molar-refractivity contribution in [2.24, 2.45) is 0 Å². The molecule has 1 atom stereocenters. The van der Waals surface area contributed by atoms with Gasteiger partial charge in [-0.15, -0.1) is 0 Å². The molecule has 0 aliphatic rings. The van der Waals surface area contributed by atoms with Gasteiger partial charge in [0.15, 0.2) is 16.6 Å². The zero-order valence-corrected chi connectivity index (χ0v) is 26.7. The zero-order valence-electron chi connectivity index (χ0n) is 23.7. The molecule has 0 aliphatic heterocycles. The van der Waals surface area contributed by atoms with Crippen molar-refractivity contribution in [1.29, 1.82) is 0 Å². The summed E-state index contributed by atoms with van der Waals surface area (Å²) in [5.41, 5.74) is 0.434. The van der Waals surface area contributed by atoms with Gasteiger partial charge in [-0.2, -0.15) is 0 Å². The third kappa shape index (κ3) is 35.4. The van der Waals surface area contributed by atoms with E-state index in [0.29, 0.717) is 25.4 Å². The monoisotopic (exact) mass is 648 g/mol. The Morgan fingerprint density at radius 3 is 1.46 bits per heavy atom. The minimum Gasteiger partial charge on any atom is -0.462 e. The molecular formula is C30H76O8Si3. The number of hydrogen-bond acceptors (Lipinski definition) is 8. The molecule has 1 unspecified atom stereocenters. The molecule has 8 nitrogen and oxygen atoms in total. The second-order valence-electron chi connectivity index (χ2n) is 10.0. The van der Waals surface area contributed by atoms with Crippen molar-refractivity contribution in [2.45, 2.75) is 128 Å². The van der Waals surface area contributed by atoms with E-state index in [0.717, 1.165) is 57.0 Å². The molecule has 0 N–H and O–H groups in total. The molecule has 0 saturated heterocycles. The third-order valence-electron chi connectivity index (χ3n) is 5.22. The maximum absolute atomic E-state index is 11.6. The van der Waals surface area contributed by atoms with Gasteiger partial charge in [-0.1, -0.05) is 51.1 Å². The lowest BCUT2D eigenvalue weighted by Gasteiger charge is -2.41. The molecule has 0 aliphatic carbocycles. The Morgan fingerprint density at radius 1 is 0.610 bits per heavy atom. The maximum atomic E-state index is 11.6. The smallest absolute Gasteiger partial charge is 0.333 e. The van der Waals surface area contributed by atoms with Crippen LogP contribution in [0.1, 0.15) is 77.2 Å². The summed E-state index contributed by atoms with van der Waals surface area (Å²) in [6.07, 6.45) is 3.85. The summed E-state index contributed by atoms with van der Waals surface area (Å²) in [6, 6.07) is 2.94. The van der Waals surface area contributed by atoms with Crippen LogP contribution in [-0.2, 0) is 36.8 Å². The predicted octanol–water partition coefficient (Wildman–Crippen LogP) is 9.12. The summed E-state index contributed by atoms with van der Waals surface area (Å²) in [5.74, 6) is -0.324. The van der Waals surface area contributed by atoms with Gasteiger partial charge in [0, 0.05) is 33.0 Å². The van der Waals surface area contributed by atoms with Crippen LogP contribution in [0.3, 0.4) is 0 Å². The molecule has 0 radical (unpaired) electrons. The zero-order chi connectivity index (χ0) is 27.4. The first-order valence-corrected chi connectivity index (χ1v) is 21.2. The van der Waals surface area contributed by atoms with Crippen LogP contribution in [0, 0.1) is 0 Å². The Balaban J connectivity index is -0.000000221. The number of methoxy groups -OCH3 is 2. The lowest BCUT2D eigenvalue weighted by Crippen LogP contribution is -2.54. The first kappa shape index (κ1) is 59.7. The van der Waals surface area contributed by atoms with Crippen molar-refractivity contribution in [1.82, 2.24) is 0 Å². The van der Waals surface area contributed by atoms with Crippen molar-refractivity contribution in [3.8, 4) is 0 Å². The summed E-state index contributed by atoms with van der Waals surface area (Å²) < 4.78 is 35.0. The molecule has 0 saturated carbocycles. The van der Waals surface area contributed by atoms with Crippen molar-refractivity contribution >= 4 is 38.0 Å². The number of rotatable bonds is 21. The van der Waals surface area contributed by atoms with Gasteiger partial charge in [-0.25, -0.2) is 4.79 Å². The van der Waals surface area contributed by atoms with Gasteiger partial charge in [0.2, 0.25) is 0 Å². The average Bonchev–Trinajstić information content (AvgIpc) is 2.77. The van der Waals surface area contributed by atoms with Crippen LogP contribution in [0.15, 0.2) is 12.2 Å². The minimum absolute atomic E-state index is 0. The molecule has 0 spiro atoms. The molecule has 0 bridgehead atoms. The van der Waals surface area contributed by atoms with Crippen LogP contribution in [0.4, 0.5) is 0 Å². The molecule has 0 amide bonds. The quantitative estimate of drug-likeness (QED) is 0.0527. The summed E-state index contributed by atoms with van der Waals surface area (Å²) in [7, 11) is -2.83. The molecular weight excluding hydrogens is 573 g/mol. The van der Waals surface area contributed by atoms with E-state index < -0.39 is 25.2 Å². The van der Waals surface area contributed by atoms with Crippen molar-refractivity contribution in [3.63, 3.8) is 0 Å². The minimum atomic E-state index is -2.37. The highest BCUT2D eigenvalue weighted by molar-refractivity contribution is 6.88. The molecule has 256 valence electrons. The normalized spacial score (nSPS) is 11.5. The Kier molecular flexibility index (Phi) is 49.2. The maximum Gasteiger partial charge on any atom is 0.333 e. The summed E-state index contributed by atoms with van der Waals surface area (Å²) in [6.45, 7) is 21.8. The Bertz CT molecular complexity index is 578. The van der Waals surface area contributed by atoms with E-state index >= 15 is 0 Å². The van der Waals surface area contributed by atoms with Crippen LogP contribution in [0.2, 0.25) is 50.9 Å². The van der Waals surface area contributed by atoms with Crippen LogP contribution in [-0.4, -0.2) is 85.2 Å². The van der Waals surface area contributed by atoms with Gasteiger partial charge in [-0.05, 0) is 83.5 Å². The molecule has 0 aromatic rings. The summed E-state index contributed by atoms with van der Waals surface area (Å²) in [4.78, 5) is 19.6. The fraction of sp³-hybridized carbons (Fsp3) is 0.867. The molecule has 0 aromatic heterocycles. The lowest BCUT2D eigenvalue weighted by atomic mass is 10.4. The van der Waals surface area contributed by atoms with Crippen molar-refractivity contribution < 1.29 is 36.8 Å². The van der Waals surface area contributed by atoms with Gasteiger partial charge in [0.25, 0.3) is 0 Å². The number of unbranched alkanes of at least 4 members (excludes halogenated alkanes) is 1. The van der Waals surface area contributed by atoms with Gasteiger partial charge < -0.3 is 32.0 Å². The number of ether oxygens (including phenoxy) is 4. The molecule has 41 heavy (non-hydrogen) atoms. The topological polar surface area (TPSA) is 89.5 Å². The highest BCUT2D eigenvalue weighted by Gasteiger charge is 2.42. The molecule has 0 fully saturated rings. The van der Waals surface area contributed by atoms with Crippen molar-refractivity contribution in [2.75, 3.05) is 47.3 Å². The van der Waals surface area contributed by atoms with Gasteiger partial charge in [0.05, 0.1) is 19.8 Å². The Morgan fingerprint density at radius 2 is 1.05 bits per heavy atom. The molecule has 0 rings (SSSR count). The van der Waals surface area contributed by atoms with Crippen LogP contribution in [0.25, 0.3) is 0 Å². The first-order valence-electron chi connectivity index (χ1n) is 12.4. The summed E-state index contributed by atoms with van der Waals surface area (Å²) in [5, 5.41) is 0. The standard InChI is InChI=1S/C23H50O7Si3.CH2O.6CH4/c1-22(2)23(24)28-16-13-20-32(7,8)30-33(9,21-11-10-14-25-3)29-31(5,6)19-12-15-27-18-17-26-4;1-2;;;;;;/h1,10-21H2,2-9H3;1H2;6*1H4. The predicted molar refractivity (Wildman–Crippen MR) is 189 cm³/mol. The van der Waals surface area contributed by atoms with Crippen LogP contribution in [0.5, 0.6) is 0 Å².